The molecule has 0 spiro atoms. The summed E-state index contributed by atoms with van der Waals surface area (Å²) in [5.41, 5.74) is 1.89. The van der Waals surface area contributed by atoms with Gasteiger partial charge in [-0.3, -0.25) is 4.79 Å². The Bertz CT molecular complexity index is 461. The van der Waals surface area contributed by atoms with E-state index in [0.717, 1.165) is 30.6 Å². The second kappa shape index (κ2) is 4.61. The number of aliphatic hydroxyl groups excluding tert-OH is 1. The van der Waals surface area contributed by atoms with Crippen LogP contribution < -0.4 is 5.32 Å². The molecule has 1 aromatic rings. The van der Waals surface area contributed by atoms with Crippen LogP contribution in [0.2, 0.25) is 0 Å². The van der Waals surface area contributed by atoms with Crippen LogP contribution in [0.4, 0.5) is 5.69 Å². The molecule has 4 nitrogen and oxygen atoms in total. The van der Waals surface area contributed by atoms with Crippen LogP contribution in [0.3, 0.4) is 0 Å². The first kappa shape index (κ1) is 11.5. The van der Waals surface area contributed by atoms with Crippen molar-refractivity contribution in [3.63, 3.8) is 0 Å². The van der Waals surface area contributed by atoms with Crippen molar-refractivity contribution < 1.29 is 9.90 Å². The number of rotatable bonds is 3. The molecule has 2 unspecified atom stereocenters. The molecule has 2 saturated heterocycles. The Hall–Kier alpha value is -1.55. The van der Waals surface area contributed by atoms with E-state index in [4.69, 9.17) is 5.11 Å². The maximum absolute atomic E-state index is 11.8. The van der Waals surface area contributed by atoms with Crippen molar-refractivity contribution >= 4 is 11.6 Å². The molecule has 1 aromatic carbocycles. The highest BCUT2D eigenvalue weighted by atomic mass is 16.3. The second-order valence-corrected chi connectivity index (χ2v) is 5.11. The molecule has 3 rings (SSSR count). The number of aliphatic hydroxyl groups is 1. The van der Waals surface area contributed by atoms with Crippen LogP contribution in [0.15, 0.2) is 24.3 Å². The molecule has 0 bridgehead atoms. The van der Waals surface area contributed by atoms with E-state index in [9.17, 15) is 4.79 Å². The highest BCUT2D eigenvalue weighted by molar-refractivity contribution is 5.81. The lowest BCUT2D eigenvalue weighted by atomic mass is 10.1. The first-order chi connectivity index (χ1) is 8.78. The average Bonchev–Trinajstić information content (AvgIpc) is 2.96. The number of benzene rings is 1. The molecule has 2 heterocycles. The zero-order valence-electron chi connectivity index (χ0n) is 10.3. The summed E-state index contributed by atoms with van der Waals surface area (Å²) < 4.78 is 0. The van der Waals surface area contributed by atoms with Gasteiger partial charge in [-0.2, -0.15) is 0 Å². The topological polar surface area (TPSA) is 52.6 Å². The van der Waals surface area contributed by atoms with Crippen molar-refractivity contribution in [2.75, 3.05) is 11.9 Å². The van der Waals surface area contributed by atoms with Gasteiger partial charge >= 0.3 is 0 Å². The van der Waals surface area contributed by atoms with Crippen LogP contribution in [0.5, 0.6) is 0 Å². The Morgan fingerprint density at radius 3 is 3.17 bits per heavy atom. The molecule has 0 radical (unpaired) electrons. The third-order valence-electron chi connectivity index (χ3n) is 3.94. The third-order valence-corrected chi connectivity index (χ3v) is 3.94. The Kier molecular flexibility index (Phi) is 2.96. The van der Waals surface area contributed by atoms with Gasteiger partial charge in [0.05, 0.1) is 18.7 Å². The first-order valence-electron chi connectivity index (χ1n) is 6.54. The van der Waals surface area contributed by atoms with Crippen molar-refractivity contribution in [2.24, 2.45) is 0 Å². The third kappa shape index (κ3) is 1.97. The minimum absolute atomic E-state index is 0.0503. The summed E-state index contributed by atoms with van der Waals surface area (Å²) in [6.07, 6.45) is 2.81. The minimum atomic E-state index is 0.0503. The maximum atomic E-state index is 11.8. The summed E-state index contributed by atoms with van der Waals surface area (Å²) in [7, 11) is 0. The van der Waals surface area contributed by atoms with Gasteiger partial charge in [-0.05, 0) is 30.5 Å². The molecule has 96 valence electrons. The van der Waals surface area contributed by atoms with E-state index < -0.39 is 0 Å². The van der Waals surface area contributed by atoms with E-state index in [1.165, 1.54) is 0 Å². The number of anilines is 1. The molecule has 2 aliphatic rings. The Balaban J connectivity index is 1.74. The fourth-order valence-corrected chi connectivity index (χ4v) is 3.08. The summed E-state index contributed by atoms with van der Waals surface area (Å²) in [6, 6.07) is 8.33. The van der Waals surface area contributed by atoms with E-state index in [0.29, 0.717) is 12.5 Å². The molecule has 0 saturated carbocycles. The maximum Gasteiger partial charge on any atom is 0.225 e. The Morgan fingerprint density at radius 1 is 1.44 bits per heavy atom. The Morgan fingerprint density at radius 2 is 2.33 bits per heavy atom. The molecule has 2 atom stereocenters. The van der Waals surface area contributed by atoms with Gasteiger partial charge in [-0.25, -0.2) is 0 Å². The molecule has 0 aromatic heterocycles. The summed E-state index contributed by atoms with van der Waals surface area (Å²) in [5, 5.41) is 12.6. The van der Waals surface area contributed by atoms with E-state index in [2.05, 4.69) is 5.32 Å². The number of amides is 1. The number of carbonyl (C=O) groups excluding carboxylic acids is 1. The quantitative estimate of drug-likeness (QED) is 0.846. The molecule has 2 N–H and O–H groups in total. The molecule has 1 amide bonds. The summed E-state index contributed by atoms with van der Waals surface area (Å²) in [6.45, 7) is 0.965. The van der Waals surface area contributed by atoms with Crippen molar-refractivity contribution in [1.82, 2.24) is 4.90 Å². The van der Waals surface area contributed by atoms with Crippen molar-refractivity contribution in [2.45, 2.75) is 38.0 Å². The van der Waals surface area contributed by atoms with Crippen LogP contribution >= 0.6 is 0 Å². The molecule has 18 heavy (non-hydrogen) atoms. The number of hydrogen-bond acceptors (Lipinski definition) is 3. The van der Waals surface area contributed by atoms with E-state index in [1.807, 2.05) is 29.2 Å². The number of hydrogen-bond donors (Lipinski definition) is 2. The second-order valence-electron chi connectivity index (χ2n) is 5.11. The van der Waals surface area contributed by atoms with Crippen molar-refractivity contribution in [1.29, 1.82) is 0 Å². The molecule has 4 heteroatoms. The van der Waals surface area contributed by atoms with Gasteiger partial charge in [-0.1, -0.05) is 12.1 Å². The van der Waals surface area contributed by atoms with E-state index >= 15 is 0 Å². The Labute approximate surface area is 107 Å². The van der Waals surface area contributed by atoms with Gasteiger partial charge in [0.2, 0.25) is 5.91 Å². The lowest BCUT2D eigenvalue weighted by Crippen LogP contribution is -2.34. The van der Waals surface area contributed by atoms with Crippen LogP contribution in [-0.4, -0.2) is 34.5 Å². The first-order valence-corrected chi connectivity index (χ1v) is 6.54. The molecular formula is C14H18N2O2. The lowest BCUT2D eigenvalue weighted by molar-refractivity contribution is -0.127. The van der Waals surface area contributed by atoms with Gasteiger partial charge in [-0.15, -0.1) is 0 Å². The molecular weight excluding hydrogens is 228 g/mol. The van der Waals surface area contributed by atoms with Gasteiger partial charge < -0.3 is 15.3 Å². The fourth-order valence-electron chi connectivity index (χ4n) is 3.08. The predicted molar refractivity (Wildman–Crippen MR) is 69.1 cm³/mol. The lowest BCUT2D eigenvalue weighted by Gasteiger charge is -2.22. The summed E-state index contributed by atoms with van der Waals surface area (Å²) in [4.78, 5) is 13.8. The van der Waals surface area contributed by atoms with Crippen LogP contribution in [0.25, 0.3) is 0 Å². The largest absolute Gasteiger partial charge is 0.392 e. The number of carbonyl (C=O) groups is 1. The van der Waals surface area contributed by atoms with Crippen LogP contribution in [-0.2, 0) is 11.4 Å². The van der Waals surface area contributed by atoms with E-state index in [1.54, 1.807) is 0 Å². The zero-order valence-corrected chi connectivity index (χ0v) is 10.3. The smallest absolute Gasteiger partial charge is 0.225 e. The van der Waals surface area contributed by atoms with Crippen LogP contribution in [0, 0.1) is 0 Å². The molecule has 2 aliphatic heterocycles. The summed E-state index contributed by atoms with van der Waals surface area (Å²) in [5.74, 6) is 0.272. The monoisotopic (exact) mass is 246 g/mol. The highest BCUT2D eigenvalue weighted by Crippen LogP contribution is 2.31. The minimum Gasteiger partial charge on any atom is -0.392 e. The number of fused-ring (bicyclic) bond motifs is 1. The fraction of sp³-hybridized carbons (Fsp3) is 0.500. The average molecular weight is 246 g/mol. The number of nitrogens with zero attached hydrogens (tertiary/aromatic N) is 1. The van der Waals surface area contributed by atoms with Crippen molar-refractivity contribution in [3.05, 3.63) is 29.8 Å². The van der Waals surface area contributed by atoms with Crippen molar-refractivity contribution in [3.8, 4) is 0 Å². The van der Waals surface area contributed by atoms with Gasteiger partial charge in [0.1, 0.15) is 0 Å². The highest BCUT2D eigenvalue weighted by Gasteiger charge is 2.42. The summed E-state index contributed by atoms with van der Waals surface area (Å²) >= 11 is 0. The van der Waals surface area contributed by atoms with E-state index in [-0.39, 0.29) is 18.6 Å². The predicted octanol–water partition coefficient (Wildman–Crippen LogP) is 1.35. The van der Waals surface area contributed by atoms with Gasteiger partial charge in [0.25, 0.3) is 0 Å². The molecule has 0 aliphatic carbocycles. The SMILES string of the molecule is O=C1CC(Nc2cccc(CO)c2)C2CCCN12. The van der Waals surface area contributed by atoms with Gasteiger partial charge in [0, 0.05) is 18.7 Å². The number of nitrogens with one attached hydrogen (secondary N) is 1. The zero-order chi connectivity index (χ0) is 12.5. The normalized spacial score (nSPS) is 26.5. The van der Waals surface area contributed by atoms with Crippen LogP contribution in [0.1, 0.15) is 24.8 Å². The molecule has 2 fully saturated rings. The van der Waals surface area contributed by atoms with Gasteiger partial charge in [0.15, 0.2) is 0 Å². The standard InChI is InChI=1S/C14H18N2O2/c17-9-10-3-1-4-11(7-10)15-12-8-14(18)16-6-2-5-13(12)16/h1,3-4,7,12-13,15,17H,2,5-6,8-9H2.